The van der Waals surface area contributed by atoms with E-state index in [9.17, 15) is 9.59 Å². The number of esters is 1. The van der Waals surface area contributed by atoms with Gasteiger partial charge in [0, 0.05) is 19.0 Å². The Morgan fingerprint density at radius 3 is 2.30 bits per heavy atom. The fourth-order valence-electron chi connectivity index (χ4n) is 1.99. The molecule has 0 heterocycles. The second kappa shape index (κ2) is 8.67. The summed E-state index contributed by atoms with van der Waals surface area (Å²) in [6.07, 6.45) is 0.306. The smallest absolute Gasteiger partial charge is 0.328 e. The van der Waals surface area contributed by atoms with Gasteiger partial charge in [-0.15, -0.1) is 0 Å². The molecule has 23 heavy (non-hydrogen) atoms. The first-order chi connectivity index (χ1) is 10.7. The van der Waals surface area contributed by atoms with Crippen LogP contribution >= 0.6 is 0 Å². The molecule has 0 fully saturated rings. The van der Waals surface area contributed by atoms with Crippen molar-refractivity contribution in [2.75, 3.05) is 0 Å². The highest BCUT2D eigenvalue weighted by Gasteiger charge is 2.23. The molecule has 0 saturated heterocycles. The van der Waals surface area contributed by atoms with E-state index >= 15 is 0 Å². The van der Waals surface area contributed by atoms with E-state index in [1.165, 1.54) is 5.56 Å². The summed E-state index contributed by atoms with van der Waals surface area (Å²) in [4.78, 5) is 23.8. The van der Waals surface area contributed by atoms with Gasteiger partial charge in [0.2, 0.25) is 5.91 Å². The molecule has 0 aromatic heterocycles. The third kappa shape index (κ3) is 8.35. The van der Waals surface area contributed by atoms with Crippen LogP contribution in [-0.4, -0.2) is 29.6 Å². The summed E-state index contributed by atoms with van der Waals surface area (Å²) in [6.45, 7) is 9.69. The van der Waals surface area contributed by atoms with Gasteiger partial charge >= 0.3 is 5.97 Å². The quantitative estimate of drug-likeness (QED) is 0.757. The summed E-state index contributed by atoms with van der Waals surface area (Å²) in [5, 5.41) is 5.97. The number of ether oxygens (including phenoxy) is 1. The largest absolute Gasteiger partial charge is 0.458 e. The van der Waals surface area contributed by atoms with Gasteiger partial charge in [-0.3, -0.25) is 4.79 Å². The fraction of sp³-hybridized carbons (Fsp3) is 0.556. The maximum Gasteiger partial charge on any atom is 0.328 e. The molecule has 1 rings (SSSR count). The predicted molar refractivity (Wildman–Crippen MR) is 90.8 cm³/mol. The van der Waals surface area contributed by atoms with Gasteiger partial charge < -0.3 is 15.4 Å². The fourth-order valence-corrected chi connectivity index (χ4v) is 1.99. The monoisotopic (exact) mass is 320 g/mol. The van der Waals surface area contributed by atoms with Crippen LogP contribution in [-0.2, 0) is 20.9 Å². The van der Waals surface area contributed by atoms with E-state index in [2.05, 4.69) is 10.6 Å². The molecule has 0 spiro atoms. The van der Waals surface area contributed by atoms with Crippen LogP contribution in [0, 0.1) is 0 Å². The third-order valence-corrected chi connectivity index (χ3v) is 3.13. The molecule has 0 radical (unpaired) electrons. The highest BCUT2D eigenvalue weighted by molar-refractivity contribution is 5.84. The maximum atomic E-state index is 12.0. The van der Waals surface area contributed by atoms with E-state index in [1.54, 1.807) is 27.7 Å². The van der Waals surface area contributed by atoms with Crippen molar-refractivity contribution in [3.63, 3.8) is 0 Å². The van der Waals surface area contributed by atoms with E-state index < -0.39 is 17.6 Å². The van der Waals surface area contributed by atoms with E-state index in [0.717, 1.165) is 0 Å². The number of carbonyl (C=O) groups is 2. The number of rotatable bonds is 7. The van der Waals surface area contributed by atoms with Gasteiger partial charge in [-0.2, -0.15) is 0 Å². The van der Waals surface area contributed by atoms with Gasteiger partial charge in [0.1, 0.15) is 11.6 Å². The average Bonchev–Trinajstić information content (AvgIpc) is 2.44. The Labute approximate surface area is 138 Å². The number of carbonyl (C=O) groups excluding carboxylic acids is 2. The summed E-state index contributed by atoms with van der Waals surface area (Å²) in [5.41, 5.74) is 0.613. The van der Waals surface area contributed by atoms with Crippen molar-refractivity contribution in [3.05, 3.63) is 35.9 Å². The SMILES string of the molecule is C[C@H](NC(=O)C[C@H](C)NCc1ccccc1)C(=O)OC(C)(C)C. The van der Waals surface area contributed by atoms with E-state index in [0.29, 0.717) is 13.0 Å². The Morgan fingerprint density at radius 1 is 1.13 bits per heavy atom. The summed E-state index contributed by atoms with van der Waals surface area (Å²) in [7, 11) is 0. The van der Waals surface area contributed by atoms with Crippen LogP contribution in [0.4, 0.5) is 0 Å². The highest BCUT2D eigenvalue weighted by atomic mass is 16.6. The Balaban J connectivity index is 2.33. The van der Waals surface area contributed by atoms with Crippen LogP contribution in [0.3, 0.4) is 0 Å². The van der Waals surface area contributed by atoms with Gasteiger partial charge in [-0.05, 0) is 40.2 Å². The van der Waals surface area contributed by atoms with Gasteiger partial charge in [0.25, 0.3) is 0 Å². The molecule has 1 aromatic carbocycles. The maximum absolute atomic E-state index is 12.0. The van der Waals surface area contributed by atoms with Crippen molar-refractivity contribution < 1.29 is 14.3 Å². The standard InChI is InChI=1S/C18H28N2O3/c1-13(19-12-15-9-7-6-8-10-15)11-16(21)20-14(2)17(22)23-18(3,4)5/h6-10,13-14,19H,11-12H2,1-5H3,(H,20,21)/t13-,14-/m0/s1. The zero-order valence-electron chi connectivity index (χ0n) is 14.7. The van der Waals surface area contributed by atoms with Crippen LogP contribution in [0.1, 0.15) is 46.6 Å². The van der Waals surface area contributed by atoms with Crippen molar-refractivity contribution >= 4 is 11.9 Å². The van der Waals surface area contributed by atoms with E-state index in [1.807, 2.05) is 37.3 Å². The minimum atomic E-state index is -0.650. The molecular weight excluding hydrogens is 292 g/mol. The summed E-state index contributed by atoms with van der Waals surface area (Å²) >= 11 is 0. The summed E-state index contributed by atoms with van der Waals surface area (Å²) in [5.74, 6) is -0.591. The zero-order chi connectivity index (χ0) is 17.5. The Kier molecular flexibility index (Phi) is 7.23. The molecule has 0 aliphatic carbocycles. The summed E-state index contributed by atoms with van der Waals surface area (Å²) in [6, 6.07) is 9.37. The topological polar surface area (TPSA) is 67.4 Å². The van der Waals surface area contributed by atoms with Gasteiger partial charge in [-0.1, -0.05) is 30.3 Å². The van der Waals surface area contributed by atoms with E-state index in [-0.39, 0.29) is 11.9 Å². The molecule has 0 aliphatic heterocycles. The Hall–Kier alpha value is -1.88. The number of nitrogens with one attached hydrogen (secondary N) is 2. The lowest BCUT2D eigenvalue weighted by atomic mass is 10.1. The molecule has 1 aromatic rings. The first-order valence-electron chi connectivity index (χ1n) is 7.97. The lowest BCUT2D eigenvalue weighted by Crippen LogP contribution is -2.44. The number of hydrogen-bond donors (Lipinski definition) is 2. The molecular formula is C18H28N2O3. The van der Waals surface area contributed by atoms with Gasteiger partial charge in [0.15, 0.2) is 0 Å². The minimum Gasteiger partial charge on any atom is -0.458 e. The normalized spacial score (nSPS) is 14.0. The Morgan fingerprint density at radius 2 is 1.74 bits per heavy atom. The zero-order valence-corrected chi connectivity index (χ0v) is 14.7. The van der Waals surface area contributed by atoms with Crippen LogP contribution in [0.5, 0.6) is 0 Å². The molecule has 128 valence electrons. The van der Waals surface area contributed by atoms with Crippen LogP contribution in [0.2, 0.25) is 0 Å². The molecule has 2 N–H and O–H groups in total. The molecule has 5 nitrogen and oxygen atoms in total. The van der Waals surface area contributed by atoms with Crippen LogP contribution in [0.25, 0.3) is 0 Å². The predicted octanol–water partition coefficient (Wildman–Crippen LogP) is 2.40. The average molecular weight is 320 g/mol. The lowest BCUT2D eigenvalue weighted by Gasteiger charge is -2.23. The first kappa shape index (κ1) is 19.2. The second-order valence-electron chi connectivity index (χ2n) is 6.79. The number of amides is 1. The molecule has 5 heteroatoms. The van der Waals surface area contributed by atoms with Gasteiger partial charge in [-0.25, -0.2) is 4.79 Å². The van der Waals surface area contributed by atoms with Crippen LogP contribution < -0.4 is 10.6 Å². The number of benzene rings is 1. The first-order valence-corrected chi connectivity index (χ1v) is 7.97. The van der Waals surface area contributed by atoms with Gasteiger partial charge in [0.05, 0.1) is 0 Å². The molecule has 0 saturated carbocycles. The van der Waals surface area contributed by atoms with Crippen molar-refractivity contribution in [1.82, 2.24) is 10.6 Å². The molecule has 2 atom stereocenters. The van der Waals surface area contributed by atoms with Crippen LogP contribution in [0.15, 0.2) is 30.3 Å². The summed E-state index contributed by atoms with van der Waals surface area (Å²) < 4.78 is 5.24. The lowest BCUT2D eigenvalue weighted by molar-refractivity contribution is -0.158. The third-order valence-electron chi connectivity index (χ3n) is 3.13. The van der Waals surface area contributed by atoms with Crippen molar-refractivity contribution in [3.8, 4) is 0 Å². The molecule has 0 aliphatic rings. The molecule has 0 bridgehead atoms. The Bertz CT molecular complexity index is 509. The van der Waals surface area contributed by atoms with Crippen molar-refractivity contribution in [2.45, 2.75) is 65.3 Å². The second-order valence-corrected chi connectivity index (χ2v) is 6.79. The highest BCUT2D eigenvalue weighted by Crippen LogP contribution is 2.08. The molecule has 1 amide bonds. The van der Waals surface area contributed by atoms with E-state index in [4.69, 9.17) is 4.74 Å². The minimum absolute atomic E-state index is 0.0149. The number of hydrogen-bond acceptors (Lipinski definition) is 4. The molecule has 0 unspecified atom stereocenters. The van der Waals surface area contributed by atoms with Crippen molar-refractivity contribution in [2.24, 2.45) is 0 Å². The van der Waals surface area contributed by atoms with Crippen molar-refractivity contribution in [1.29, 1.82) is 0 Å².